The fraction of sp³-hybridized carbons (Fsp3) is 0.263. The van der Waals surface area contributed by atoms with Gasteiger partial charge in [0.2, 0.25) is 0 Å². The smallest absolute Gasteiger partial charge is 0.271 e. The second-order valence-electron chi connectivity index (χ2n) is 5.60. The molecule has 1 aliphatic heterocycles. The number of methoxy groups -OCH3 is 2. The van der Waals surface area contributed by atoms with Crippen LogP contribution in [0.2, 0.25) is 0 Å². The predicted octanol–water partition coefficient (Wildman–Crippen LogP) is 2.63. The van der Waals surface area contributed by atoms with Crippen molar-refractivity contribution in [3.8, 4) is 23.0 Å². The maximum atomic E-state index is 12.4. The molecule has 2 aromatic carbocycles. The molecule has 0 atom stereocenters. The molecule has 1 aliphatic rings. The summed E-state index contributed by atoms with van der Waals surface area (Å²) >= 11 is 0. The standard InChI is InChI=1S/C19H20N2O5/c1-12(13-4-5-17-18(10-13)26-7-6-25-17)20-21-19(22)14-8-15(23-2)11-16(9-14)24-3/h4-5,8-11H,6-7H2,1-3H3,(H,21,22)/b20-12-. The Morgan fingerprint density at radius 1 is 0.962 bits per heavy atom. The Balaban J connectivity index is 1.75. The van der Waals surface area contributed by atoms with E-state index in [0.717, 1.165) is 5.56 Å². The van der Waals surface area contributed by atoms with Crippen LogP contribution in [0, 0.1) is 0 Å². The normalized spacial score (nSPS) is 13.1. The van der Waals surface area contributed by atoms with Gasteiger partial charge < -0.3 is 18.9 Å². The molecular weight excluding hydrogens is 336 g/mol. The first-order valence-electron chi connectivity index (χ1n) is 8.08. The van der Waals surface area contributed by atoms with E-state index in [-0.39, 0.29) is 5.91 Å². The molecule has 0 fully saturated rings. The number of nitrogens with zero attached hydrogens (tertiary/aromatic N) is 1. The Morgan fingerprint density at radius 3 is 2.27 bits per heavy atom. The highest BCUT2D eigenvalue weighted by molar-refractivity contribution is 6.01. The first-order chi connectivity index (χ1) is 12.6. The summed E-state index contributed by atoms with van der Waals surface area (Å²) in [6.45, 7) is 2.86. The van der Waals surface area contributed by atoms with Gasteiger partial charge >= 0.3 is 0 Å². The number of hydrogen-bond donors (Lipinski definition) is 1. The first kappa shape index (κ1) is 17.6. The van der Waals surface area contributed by atoms with Crippen molar-refractivity contribution in [2.75, 3.05) is 27.4 Å². The van der Waals surface area contributed by atoms with Gasteiger partial charge in [0.25, 0.3) is 5.91 Å². The Hall–Kier alpha value is -3.22. The SMILES string of the molecule is COc1cc(OC)cc(C(=O)N/N=C(/C)c2ccc3c(c2)OCCO3)c1. The third-order valence-electron chi connectivity index (χ3n) is 3.90. The molecule has 26 heavy (non-hydrogen) atoms. The zero-order valence-corrected chi connectivity index (χ0v) is 14.9. The molecule has 0 saturated carbocycles. The summed E-state index contributed by atoms with van der Waals surface area (Å²) in [6.07, 6.45) is 0. The van der Waals surface area contributed by atoms with Crippen molar-refractivity contribution in [3.05, 3.63) is 47.5 Å². The largest absolute Gasteiger partial charge is 0.497 e. The Kier molecular flexibility index (Phi) is 5.26. The number of fused-ring (bicyclic) bond motifs is 1. The van der Waals surface area contributed by atoms with Crippen LogP contribution in [0.15, 0.2) is 41.5 Å². The molecule has 3 rings (SSSR count). The predicted molar refractivity (Wildman–Crippen MR) is 96.7 cm³/mol. The molecule has 0 aliphatic carbocycles. The number of carbonyl (C=O) groups excluding carboxylic acids is 1. The van der Waals surface area contributed by atoms with Crippen molar-refractivity contribution in [2.45, 2.75) is 6.92 Å². The van der Waals surface area contributed by atoms with Gasteiger partial charge in [-0.25, -0.2) is 5.43 Å². The topological polar surface area (TPSA) is 78.4 Å². The molecule has 1 N–H and O–H groups in total. The van der Waals surface area contributed by atoms with E-state index in [0.29, 0.717) is 47.5 Å². The summed E-state index contributed by atoms with van der Waals surface area (Å²) in [6, 6.07) is 10.5. The molecule has 0 radical (unpaired) electrons. The van der Waals surface area contributed by atoms with Gasteiger partial charge in [-0.05, 0) is 37.3 Å². The molecule has 136 valence electrons. The minimum atomic E-state index is -0.362. The van der Waals surface area contributed by atoms with Crippen molar-refractivity contribution in [2.24, 2.45) is 5.10 Å². The van der Waals surface area contributed by atoms with Crippen LogP contribution < -0.4 is 24.4 Å². The van der Waals surface area contributed by atoms with Gasteiger partial charge in [0.1, 0.15) is 24.7 Å². The van der Waals surface area contributed by atoms with Crippen LogP contribution in [0.1, 0.15) is 22.8 Å². The molecule has 0 unspecified atom stereocenters. The number of rotatable bonds is 5. The average Bonchev–Trinajstić information content (AvgIpc) is 2.70. The van der Waals surface area contributed by atoms with Crippen LogP contribution in [0.5, 0.6) is 23.0 Å². The quantitative estimate of drug-likeness (QED) is 0.658. The van der Waals surface area contributed by atoms with Crippen LogP contribution in [0.3, 0.4) is 0 Å². The van der Waals surface area contributed by atoms with Crippen molar-refractivity contribution < 1.29 is 23.7 Å². The molecule has 2 aromatic rings. The maximum absolute atomic E-state index is 12.4. The van der Waals surface area contributed by atoms with Crippen LogP contribution in [-0.4, -0.2) is 39.1 Å². The lowest BCUT2D eigenvalue weighted by Gasteiger charge is -2.18. The van der Waals surface area contributed by atoms with Gasteiger partial charge in [0.15, 0.2) is 11.5 Å². The number of amides is 1. The zero-order chi connectivity index (χ0) is 18.5. The van der Waals surface area contributed by atoms with E-state index < -0.39 is 0 Å². The molecule has 7 nitrogen and oxygen atoms in total. The van der Waals surface area contributed by atoms with Gasteiger partial charge in [0, 0.05) is 17.2 Å². The monoisotopic (exact) mass is 356 g/mol. The number of benzene rings is 2. The third-order valence-corrected chi connectivity index (χ3v) is 3.90. The molecular formula is C19H20N2O5. The van der Waals surface area contributed by atoms with E-state index in [1.807, 2.05) is 18.2 Å². The van der Waals surface area contributed by atoms with Crippen molar-refractivity contribution in [3.63, 3.8) is 0 Å². The van der Waals surface area contributed by atoms with Gasteiger partial charge in [-0.15, -0.1) is 0 Å². The minimum absolute atomic E-state index is 0.362. The number of hydrogen-bond acceptors (Lipinski definition) is 6. The Bertz CT molecular complexity index is 826. The lowest BCUT2D eigenvalue weighted by Crippen LogP contribution is -2.20. The third kappa shape index (κ3) is 3.88. The minimum Gasteiger partial charge on any atom is -0.497 e. The van der Waals surface area contributed by atoms with E-state index in [2.05, 4.69) is 10.5 Å². The van der Waals surface area contributed by atoms with Crippen LogP contribution in [-0.2, 0) is 0 Å². The maximum Gasteiger partial charge on any atom is 0.271 e. The second-order valence-corrected chi connectivity index (χ2v) is 5.60. The first-order valence-corrected chi connectivity index (χ1v) is 8.08. The number of carbonyl (C=O) groups is 1. The van der Waals surface area contributed by atoms with Crippen molar-refractivity contribution in [1.29, 1.82) is 0 Å². The number of nitrogens with one attached hydrogen (secondary N) is 1. The summed E-state index contributed by atoms with van der Waals surface area (Å²) in [7, 11) is 3.06. The molecule has 0 saturated heterocycles. The Morgan fingerprint density at radius 2 is 1.62 bits per heavy atom. The van der Waals surface area contributed by atoms with Crippen molar-refractivity contribution in [1.82, 2.24) is 5.43 Å². The summed E-state index contributed by atoms with van der Waals surface area (Å²) in [5, 5.41) is 4.17. The fourth-order valence-electron chi connectivity index (χ4n) is 2.47. The lowest BCUT2D eigenvalue weighted by molar-refractivity contribution is 0.0954. The summed E-state index contributed by atoms with van der Waals surface area (Å²) in [5.41, 5.74) is 4.41. The van der Waals surface area contributed by atoms with Gasteiger partial charge in [-0.3, -0.25) is 4.79 Å². The van der Waals surface area contributed by atoms with Crippen LogP contribution >= 0.6 is 0 Å². The molecule has 1 amide bonds. The molecule has 0 bridgehead atoms. The van der Waals surface area contributed by atoms with Crippen LogP contribution in [0.4, 0.5) is 0 Å². The molecule has 1 heterocycles. The highest BCUT2D eigenvalue weighted by Gasteiger charge is 2.13. The van der Waals surface area contributed by atoms with E-state index >= 15 is 0 Å². The Labute approximate surface area is 151 Å². The molecule has 7 heteroatoms. The summed E-state index contributed by atoms with van der Waals surface area (Å²) in [5.74, 6) is 2.08. The summed E-state index contributed by atoms with van der Waals surface area (Å²) < 4.78 is 21.4. The van der Waals surface area contributed by atoms with Gasteiger partial charge in [-0.2, -0.15) is 5.10 Å². The molecule has 0 aromatic heterocycles. The van der Waals surface area contributed by atoms with E-state index in [4.69, 9.17) is 18.9 Å². The lowest BCUT2D eigenvalue weighted by atomic mass is 10.1. The number of hydrazone groups is 1. The molecule has 0 spiro atoms. The van der Waals surface area contributed by atoms with E-state index in [1.165, 1.54) is 14.2 Å². The van der Waals surface area contributed by atoms with E-state index in [9.17, 15) is 4.79 Å². The van der Waals surface area contributed by atoms with Gasteiger partial charge in [-0.1, -0.05) is 0 Å². The fourth-order valence-corrected chi connectivity index (χ4v) is 2.47. The highest BCUT2D eigenvalue weighted by atomic mass is 16.6. The average molecular weight is 356 g/mol. The number of ether oxygens (including phenoxy) is 4. The van der Waals surface area contributed by atoms with Crippen LogP contribution in [0.25, 0.3) is 0 Å². The van der Waals surface area contributed by atoms with Gasteiger partial charge in [0.05, 0.1) is 19.9 Å². The highest BCUT2D eigenvalue weighted by Crippen LogP contribution is 2.30. The summed E-state index contributed by atoms with van der Waals surface area (Å²) in [4.78, 5) is 12.4. The van der Waals surface area contributed by atoms with Crippen molar-refractivity contribution >= 4 is 11.6 Å². The second kappa shape index (κ2) is 7.77. The zero-order valence-electron chi connectivity index (χ0n) is 14.9. The van der Waals surface area contributed by atoms with E-state index in [1.54, 1.807) is 25.1 Å².